The van der Waals surface area contributed by atoms with E-state index in [1.807, 2.05) is 4.52 Å². The molecule has 2 saturated carbocycles. The van der Waals surface area contributed by atoms with E-state index in [0.717, 1.165) is 66.2 Å². The number of amides is 1. The molecule has 1 aromatic carbocycles. The van der Waals surface area contributed by atoms with Gasteiger partial charge in [0.05, 0.1) is 0 Å². The molecule has 0 radical (unpaired) electrons. The van der Waals surface area contributed by atoms with Crippen LogP contribution in [-0.2, 0) is 4.79 Å². The highest BCUT2D eigenvalue weighted by Gasteiger charge is 2.30. The zero-order valence-corrected chi connectivity index (χ0v) is 21.5. The molecule has 3 heterocycles. The van der Waals surface area contributed by atoms with Gasteiger partial charge in [0.1, 0.15) is 5.69 Å². The lowest BCUT2D eigenvalue weighted by atomic mass is 9.88. The maximum absolute atomic E-state index is 13.0. The topological polar surface area (TPSA) is 65.8 Å². The average Bonchev–Trinajstić information content (AvgIpc) is 3.62. The summed E-state index contributed by atoms with van der Waals surface area (Å²) in [5, 5.41) is 9.84. The fourth-order valence-corrected chi connectivity index (χ4v) is 6.93. The second kappa shape index (κ2) is 9.80. The molecule has 0 spiro atoms. The molecule has 0 bridgehead atoms. The number of imidazole rings is 1. The maximum Gasteiger partial charge on any atom is 0.225 e. The van der Waals surface area contributed by atoms with E-state index < -0.39 is 0 Å². The van der Waals surface area contributed by atoms with E-state index in [4.69, 9.17) is 10.1 Å². The molecule has 7 nitrogen and oxygen atoms in total. The van der Waals surface area contributed by atoms with Gasteiger partial charge in [0.2, 0.25) is 16.0 Å². The summed E-state index contributed by atoms with van der Waals surface area (Å²) in [7, 11) is 0. The van der Waals surface area contributed by atoms with Crippen molar-refractivity contribution in [2.75, 3.05) is 36.4 Å². The fraction of sp³-hybridized carbons (Fsp3) is 0.593. The molecule has 6 rings (SSSR count). The number of piperazine rings is 1. The zero-order chi connectivity index (χ0) is 23.8. The highest BCUT2D eigenvalue weighted by molar-refractivity contribution is 7.20. The predicted molar refractivity (Wildman–Crippen MR) is 142 cm³/mol. The number of hydrogen-bond acceptors (Lipinski definition) is 6. The Morgan fingerprint density at radius 1 is 1.00 bits per heavy atom. The van der Waals surface area contributed by atoms with Gasteiger partial charge in [-0.15, -0.1) is 5.10 Å². The van der Waals surface area contributed by atoms with Crippen molar-refractivity contribution in [3.8, 4) is 11.3 Å². The molecule has 0 atom stereocenters. The van der Waals surface area contributed by atoms with E-state index in [-0.39, 0.29) is 5.92 Å². The smallest absolute Gasteiger partial charge is 0.225 e. The van der Waals surface area contributed by atoms with Crippen LogP contribution in [0.2, 0.25) is 0 Å². The summed E-state index contributed by atoms with van der Waals surface area (Å²) in [5.74, 6) is 1.65. The molecular formula is C27H36N6OS. The van der Waals surface area contributed by atoms with Gasteiger partial charge in [-0.1, -0.05) is 67.2 Å². The van der Waals surface area contributed by atoms with Crippen molar-refractivity contribution in [3.05, 3.63) is 29.8 Å². The highest BCUT2D eigenvalue weighted by Crippen LogP contribution is 2.36. The van der Waals surface area contributed by atoms with Crippen LogP contribution in [0.15, 0.2) is 24.3 Å². The van der Waals surface area contributed by atoms with Gasteiger partial charge in [-0.3, -0.25) is 4.79 Å². The van der Waals surface area contributed by atoms with Crippen LogP contribution in [0, 0.1) is 12.8 Å². The molecule has 2 aliphatic carbocycles. The molecule has 1 amide bonds. The number of nitrogens with one attached hydrogen (secondary N) is 1. The molecule has 35 heavy (non-hydrogen) atoms. The second-order valence-corrected chi connectivity index (χ2v) is 11.5. The van der Waals surface area contributed by atoms with Crippen molar-refractivity contribution in [1.29, 1.82) is 0 Å². The fourth-order valence-electron chi connectivity index (χ4n) is 5.98. The number of hydrogen-bond donors (Lipinski definition) is 1. The van der Waals surface area contributed by atoms with Crippen molar-refractivity contribution < 1.29 is 4.79 Å². The van der Waals surface area contributed by atoms with Crippen LogP contribution in [0.25, 0.3) is 16.2 Å². The number of anilines is 2. The largest absolute Gasteiger partial charge is 0.365 e. The second-order valence-electron chi connectivity index (χ2n) is 10.5. The quantitative estimate of drug-likeness (QED) is 0.520. The summed E-state index contributed by atoms with van der Waals surface area (Å²) in [6, 6.07) is 9.06. The van der Waals surface area contributed by atoms with Crippen LogP contribution < -0.4 is 10.2 Å². The van der Waals surface area contributed by atoms with Crippen LogP contribution in [0.3, 0.4) is 0 Å². The predicted octanol–water partition coefficient (Wildman–Crippen LogP) is 5.35. The molecule has 2 aromatic heterocycles. The van der Waals surface area contributed by atoms with Crippen molar-refractivity contribution in [3.63, 3.8) is 0 Å². The molecule has 1 saturated heterocycles. The molecular weight excluding hydrogens is 456 g/mol. The third-order valence-electron chi connectivity index (χ3n) is 8.00. The average molecular weight is 493 g/mol. The standard InChI is InChI=1S/C27H36N6OS/c1-19-8-7-11-21(18-19)23-24(28-22-12-5-6-13-22)33-26(29-23)35-27(30-33)32-16-14-31(15-17-32)25(34)20-9-3-2-4-10-20/h7-8,11,18,20,22,28H,2-6,9-10,12-17H2,1H3. The van der Waals surface area contributed by atoms with Crippen LogP contribution in [0.5, 0.6) is 0 Å². The number of fused-ring (bicyclic) bond motifs is 1. The zero-order valence-electron chi connectivity index (χ0n) is 20.7. The Hall–Kier alpha value is -2.61. The SMILES string of the molecule is Cc1cccc(-c2nc3sc(N4CCN(C(=O)C5CCCCC5)CC4)nn3c2NC2CCCC2)c1. The van der Waals surface area contributed by atoms with Crippen molar-refractivity contribution in [1.82, 2.24) is 19.5 Å². The Morgan fingerprint density at radius 3 is 2.49 bits per heavy atom. The van der Waals surface area contributed by atoms with Gasteiger partial charge < -0.3 is 15.1 Å². The summed E-state index contributed by atoms with van der Waals surface area (Å²) in [6.45, 7) is 5.38. The van der Waals surface area contributed by atoms with Crippen LogP contribution >= 0.6 is 11.3 Å². The Kier molecular flexibility index (Phi) is 6.39. The van der Waals surface area contributed by atoms with Gasteiger partial charge in [0.15, 0.2) is 5.82 Å². The van der Waals surface area contributed by atoms with Crippen LogP contribution in [-0.4, -0.2) is 57.6 Å². The number of rotatable bonds is 5. The molecule has 3 aliphatic rings. The summed E-state index contributed by atoms with van der Waals surface area (Å²) < 4.78 is 2.02. The Labute approximate surface area is 211 Å². The Morgan fingerprint density at radius 2 is 1.74 bits per heavy atom. The molecule has 8 heteroatoms. The summed E-state index contributed by atoms with van der Waals surface area (Å²) >= 11 is 1.66. The van der Waals surface area contributed by atoms with Gasteiger partial charge in [-0.2, -0.15) is 4.52 Å². The first kappa shape index (κ1) is 22.8. The van der Waals surface area contributed by atoms with Gasteiger partial charge in [0, 0.05) is 43.7 Å². The van der Waals surface area contributed by atoms with Crippen molar-refractivity contribution in [2.24, 2.45) is 5.92 Å². The molecule has 186 valence electrons. The van der Waals surface area contributed by atoms with Crippen molar-refractivity contribution >= 4 is 33.2 Å². The summed E-state index contributed by atoms with van der Waals surface area (Å²) in [4.78, 5) is 23.4. The minimum Gasteiger partial charge on any atom is -0.365 e. The maximum atomic E-state index is 13.0. The number of aromatic nitrogens is 3. The minimum absolute atomic E-state index is 0.253. The van der Waals surface area contributed by atoms with Gasteiger partial charge in [-0.25, -0.2) is 4.98 Å². The van der Waals surface area contributed by atoms with Crippen LogP contribution in [0.1, 0.15) is 63.4 Å². The summed E-state index contributed by atoms with van der Waals surface area (Å²) in [6.07, 6.45) is 10.8. The van der Waals surface area contributed by atoms with E-state index in [2.05, 4.69) is 46.3 Å². The lowest BCUT2D eigenvalue weighted by Crippen LogP contribution is -2.50. The van der Waals surface area contributed by atoms with Gasteiger partial charge in [-0.05, 0) is 38.7 Å². The third-order valence-corrected chi connectivity index (χ3v) is 8.97. The normalized spacial score (nSPS) is 20.1. The Balaban J connectivity index is 1.22. The number of carbonyl (C=O) groups excluding carboxylic acids is 1. The molecule has 3 fully saturated rings. The lowest BCUT2D eigenvalue weighted by Gasteiger charge is -2.36. The molecule has 0 unspecified atom stereocenters. The monoisotopic (exact) mass is 492 g/mol. The minimum atomic E-state index is 0.253. The van der Waals surface area contributed by atoms with E-state index in [0.29, 0.717) is 11.9 Å². The highest BCUT2D eigenvalue weighted by atomic mass is 32.1. The first-order valence-corrected chi connectivity index (χ1v) is 14.2. The summed E-state index contributed by atoms with van der Waals surface area (Å²) in [5.41, 5.74) is 3.37. The number of benzene rings is 1. The number of carbonyl (C=O) groups is 1. The van der Waals surface area contributed by atoms with Crippen LogP contribution in [0.4, 0.5) is 10.9 Å². The van der Waals surface area contributed by atoms with E-state index in [1.165, 1.54) is 50.5 Å². The lowest BCUT2D eigenvalue weighted by molar-refractivity contribution is -0.136. The van der Waals surface area contributed by atoms with E-state index >= 15 is 0 Å². The number of nitrogens with zero attached hydrogens (tertiary/aromatic N) is 5. The van der Waals surface area contributed by atoms with Crippen molar-refractivity contribution in [2.45, 2.75) is 70.8 Å². The van der Waals surface area contributed by atoms with E-state index in [1.54, 1.807) is 11.3 Å². The first-order chi connectivity index (χ1) is 17.2. The molecule has 1 N–H and O–H groups in total. The van der Waals surface area contributed by atoms with Gasteiger partial charge >= 0.3 is 0 Å². The molecule has 1 aliphatic heterocycles. The van der Waals surface area contributed by atoms with E-state index in [9.17, 15) is 4.79 Å². The number of aryl methyl sites for hydroxylation is 1. The van der Waals surface area contributed by atoms with Gasteiger partial charge in [0.25, 0.3) is 0 Å². The molecule has 3 aromatic rings. The third kappa shape index (κ3) is 4.65. The Bertz CT molecular complexity index is 1180. The first-order valence-electron chi connectivity index (χ1n) is 13.4.